The number of hydrogen-bond donors (Lipinski definition) is 0. The molecule has 0 radical (unpaired) electrons. The van der Waals surface area contributed by atoms with Gasteiger partial charge in [0, 0.05) is 6.61 Å². The van der Waals surface area contributed by atoms with Crippen molar-refractivity contribution in [2.24, 2.45) is 0 Å². The SMILES string of the molecule is COC(=O)c1ccc(CSc2nnc(-c3cccs3)n2CC2CCCO2)o1. The molecule has 27 heavy (non-hydrogen) atoms. The van der Waals surface area contributed by atoms with Crippen LogP contribution in [0.2, 0.25) is 0 Å². The zero-order valence-electron chi connectivity index (χ0n) is 14.8. The molecule has 0 N–H and O–H groups in total. The second-order valence-corrected chi connectivity index (χ2v) is 7.97. The number of carbonyl (C=O) groups is 1. The lowest BCUT2D eigenvalue weighted by atomic mass is 10.2. The largest absolute Gasteiger partial charge is 0.463 e. The van der Waals surface area contributed by atoms with Crippen LogP contribution in [0.25, 0.3) is 10.7 Å². The van der Waals surface area contributed by atoms with Gasteiger partial charge in [0.15, 0.2) is 11.0 Å². The Labute approximate surface area is 164 Å². The third-order valence-electron chi connectivity index (χ3n) is 4.26. The van der Waals surface area contributed by atoms with Crippen molar-refractivity contribution in [3.63, 3.8) is 0 Å². The van der Waals surface area contributed by atoms with Crippen molar-refractivity contribution < 1.29 is 18.7 Å². The normalized spacial score (nSPS) is 16.7. The van der Waals surface area contributed by atoms with Crippen LogP contribution < -0.4 is 0 Å². The lowest BCUT2D eigenvalue weighted by Gasteiger charge is -2.14. The zero-order chi connectivity index (χ0) is 18.6. The lowest BCUT2D eigenvalue weighted by molar-refractivity contribution is 0.0563. The predicted molar refractivity (Wildman–Crippen MR) is 102 cm³/mol. The molecule has 1 atom stereocenters. The first-order valence-electron chi connectivity index (χ1n) is 8.63. The van der Waals surface area contributed by atoms with Crippen molar-refractivity contribution in [1.29, 1.82) is 0 Å². The molecular weight excluding hydrogens is 386 g/mol. The topological polar surface area (TPSA) is 79.4 Å². The molecule has 1 aliphatic rings. The Balaban J connectivity index is 1.52. The predicted octanol–water partition coefficient (Wildman–Crippen LogP) is 3.86. The third kappa shape index (κ3) is 4.10. The molecule has 0 saturated carbocycles. The minimum atomic E-state index is -0.479. The van der Waals surface area contributed by atoms with E-state index in [2.05, 4.69) is 19.5 Å². The fraction of sp³-hybridized carbons (Fsp3) is 0.389. The molecule has 4 rings (SSSR count). The van der Waals surface area contributed by atoms with Gasteiger partial charge in [-0.15, -0.1) is 21.5 Å². The van der Waals surface area contributed by atoms with Gasteiger partial charge in [-0.25, -0.2) is 4.79 Å². The van der Waals surface area contributed by atoms with Gasteiger partial charge in [0.05, 0.1) is 30.4 Å². The summed E-state index contributed by atoms with van der Waals surface area (Å²) in [5.74, 6) is 1.81. The van der Waals surface area contributed by atoms with Crippen molar-refractivity contribution >= 4 is 29.1 Å². The van der Waals surface area contributed by atoms with Gasteiger partial charge < -0.3 is 13.9 Å². The highest BCUT2D eigenvalue weighted by molar-refractivity contribution is 7.98. The van der Waals surface area contributed by atoms with Gasteiger partial charge in [-0.05, 0) is 36.4 Å². The number of methoxy groups -OCH3 is 1. The van der Waals surface area contributed by atoms with Gasteiger partial charge in [0.25, 0.3) is 0 Å². The number of aromatic nitrogens is 3. The highest BCUT2D eigenvalue weighted by Gasteiger charge is 2.22. The number of furan rings is 1. The average molecular weight is 406 g/mol. The van der Waals surface area contributed by atoms with Crippen molar-refractivity contribution in [2.45, 2.75) is 36.4 Å². The highest BCUT2D eigenvalue weighted by Crippen LogP contribution is 2.30. The summed E-state index contributed by atoms with van der Waals surface area (Å²) in [6.07, 6.45) is 2.33. The van der Waals surface area contributed by atoms with Gasteiger partial charge in [-0.2, -0.15) is 0 Å². The van der Waals surface area contributed by atoms with Crippen LogP contribution in [0.5, 0.6) is 0 Å². The molecule has 1 aliphatic heterocycles. The number of nitrogens with zero attached hydrogens (tertiary/aromatic N) is 3. The van der Waals surface area contributed by atoms with Gasteiger partial charge in [-0.3, -0.25) is 4.57 Å². The van der Waals surface area contributed by atoms with E-state index < -0.39 is 5.97 Å². The fourth-order valence-electron chi connectivity index (χ4n) is 2.94. The fourth-order valence-corrected chi connectivity index (χ4v) is 4.50. The van der Waals surface area contributed by atoms with E-state index in [1.54, 1.807) is 23.5 Å². The Bertz CT molecular complexity index is 898. The minimum absolute atomic E-state index is 0.189. The van der Waals surface area contributed by atoms with E-state index in [0.717, 1.165) is 41.9 Å². The van der Waals surface area contributed by atoms with Gasteiger partial charge in [0.2, 0.25) is 5.76 Å². The zero-order valence-corrected chi connectivity index (χ0v) is 16.4. The maximum Gasteiger partial charge on any atom is 0.373 e. The third-order valence-corrected chi connectivity index (χ3v) is 6.12. The molecule has 1 fully saturated rings. The number of rotatable bonds is 7. The summed E-state index contributed by atoms with van der Waals surface area (Å²) in [4.78, 5) is 12.6. The van der Waals surface area contributed by atoms with E-state index in [9.17, 15) is 4.79 Å². The Morgan fingerprint density at radius 3 is 3.07 bits per heavy atom. The van der Waals surface area contributed by atoms with E-state index in [1.807, 2.05) is 17.5 Å². The van der Waals surface area contributed by atoms with Crippen LogP contribution >= 0.6 is 23.1 Å². The molecule has 3 aromatic rings. The summed E-state index contributed by atoms with van der Waals surface area (Å²) in [6.45, 7) is 1.54. The molecule has 0 aromatic carbocycles. The maximum atomic E-state index is 11.5. The van der Waals surface area contributed by atoms with Crippen LogP contribution in [-0.2, 0) is 21.8 Å². The second-order valence-electron chi connectivity index (χ2n) is 6.08. The van der Waals surface area contributed by atoms with Crippen molar-refractivity contribution in [1.82, 2.24) is 14.8 Å². The Morgan fingerprint density at radius 1 is 1.41 bits per heavy atom. The van der Waals surface area contributed by atoms with Gasteiger partial charge >= 0.3 is 5.97 Å². The van der Waals surface area contributed by atoms with Crippen LogP contribution in [-0.4, -0.2) is 40.6 Å². The molecule has 0 spiro atoms. The Hall–Kier alpha value is -2.10. The molecule has 1 unspecified atom stereocenters. The van der Waals surface area contributed by atoms with Crippen LogP contribution in [0.15, 0.2) is 39.2 Å². The van der Waals surface area contributed by atoms with Gasteiger partial charge in [0.1, 0.15) is 5.76 Å². The Kier molecular flexibility index (Phi) is 5.61. The molecule has 0 amide bonds. The molecule has 142 valence electrons. The number of thiophene rings is 1. The van der Waals surface area contributed by atoms with E-state index in [1.165, 1.54) is 18.9 Å². The first kappa shape index (κ1) is 18.3. The summed E-state index contributed by atoms with van der Waals surface area (Å²) in [5, 5.41) is 11.6. The van der Waals surface area contributed by atoms with E-state index in [4.69, 9.17) is 9.15 Å². The quantitative estimate of drug-likeness (QED) is 0.436. The van der Waals surface area contributed by atoms with E-state index in [-0.39, 0.29) is 11.9 Å². The number of hydrogen-bond acceptors (Lipinski definition) is 8. The standard InChI is InChI=1S/C18H19N3O4S2/c1-23-17(22)14-7-6-13(25-14)11-27-18-20-19-16(15-5-3-9-26-15)21(18)10-12-4-2-8-24-12/h3,5-7,9,12H,2,4,8,10-11H2,1H3. The average Bonchev–Trinajstić information content (AvgIpc) is 3.46. The molecule has 0 aliphatic carbocycles. The molecule has 0 bridgehead atoms. The van der Waals surface area contributed by atoms with E-state index in [0.29, 0.717) is 11.5 Å². The van der Waals surface area contributed by atoms with Crippen molar-refractivity contribution in [2.75, 3.05) is 13.7 Å². The number of ether oxygens (including phenoxy) is 2. The van der Waals surface area contributed by atoms with E-state index >= 15 is 0 Å². The van der Waals surface area contributed by atoms with Crippen LogP contribution in [0.3, 0.4) is 0 Å². The Morgan fingerprint density at radius 2 is 2.33 bits per heavy atom. The summed E-state index contributed by atoms with van der Waals surface area (Å²) in [7, 11) is 1.33. The molecular formula is C18H19N3O4S2. The van der Waals surface area contributed by atoms with Crippen LogP contribution in [0.4, 0.5) is 0 Å². The monoisotopic (exact) mass is 405 g/mol. The second kappa shape index (κ2) is 8.28. The van der Waals surface area contributed by atoms with Crippen molar-refractivity contribution in [3.05, 3.63) is 41.2 Å². The highest BCUT2D eigenvalue weighted by atomic mass is 32.2. The lowest BCUT2D eigenvalue weighted by Crippen LogP contribution is -2.16. The van der Waals surface area contributed by atoms with Crippen LogP contribution in [0, 0.1) is 0 Å². The minimum Gasteiger partial charge on any atom is -0.463 e. The first-order valence-corrected chi connectivity index (χ1v) is 10.5. The summed E-state index contributed by atoms with van der Waals surface area (Å²) < 4.78 is 18.1. The molecule has 7 nitrogen and oxygen atoms in total. The maximum absolute atomic E-state index is 11.5. The smallest absolute Gasteiger partial charge is 0.373 e. The first-order chi connectivity index (χ1) is 13.2. The molecule has 1 saturated heterocycles. The summed E-state index contributed by atoms with van der Waals surface area (Å²) >= 11 is 3.17. The molecule has 9 heteroatoms. The number of esters is 1. The molecule has 3 aromatic heterocycles. The number of carbonyl (C=O) groups excluding carboxylic acids is 1. The summed E-state index contributed by atoms with van der Waals surface area (Å²) in [5.41, 5.74) is 0. The molecule has 4 heterocycles. The van der Waals surface area contributed by atoms with Crippen LogP contribution in [0.1, 0.15) is 29.2 Å². The van der Waals surface area contributed by atoms with Crippen molar-refractivity contribution in [3.8, 4) is 10.7 Å². The summed E-state index contributed by atoms with van der Waals surface area (Å²) in [6, 6.07) is 7.45. The number of thioether (sulfide) groups is 1. The van der Waals surface area contributed by atoms with Gasteiger partial charge in [-0.1, -0.05) is 17.8 Å².